The van der Waals surface area contributed by atoms with Crippen molar-refractivity contribution in [1.82, 2.24) is 0 Å². The Labute approximate surface area is 80.9 Å². The van der Waals surface area contributed by atoms with Gasteiger partial charge in [0.2, 0.25) is 0 Å². The van der Waals surface area contributed by atoms with E-state index >= 15 is 0 Å². The summed E-state index contributed by atoms with van der Waals surface area (Å²) in [6.45, 7) is 0. The van der Waals surface area contributed by atoms with E-state index in [0.717, 1.165) is 0 Å². The van der Waals surface area contributed by atoms with Gasteiger partial charge < -0.3 is 9.84 Å². The first-order valence-corrected chi connectivity index (χ1v) is 4.39. The molecule has 0 aliphatic heterocycles. The van der Waals surface area contributed by atoms with Crippen molar-refractivity contribution in [1.29, 1.82) is 0 Å². The SMILES string of the molecule is COC(=O)C1=C(C(=O)O)[C@H]2C=C[C@@H]1C2. The van der Waals surface area contributed by atoms with Crippen LogP contribution in [0.3, 0.4) is 0 Å². The van der Waals surface area contributed by atoms with E-state index in [1.165, 1.54) is 7.11 Å². The molecule has 0 fully saturated rings. The fraction of sp³-hybridized carbons (Fsp3) is 0.400. The highest BCUT2D eigenvalue weighted by Gasteiger charge is 2.42. The number of allylic oxidation sites excluding steroid dienone is 2. The molecule has 0 saturated carbocycles. The molecule has 2 atom stereocenters. The highest BCUT2D eigenvalue weighted by molar-refractivity contribution is 6.02. The van der Waals surface area contributed by atoms with Gasteiger partial charge in [-0.15, -0.1) is 0 Å². The number of rotatable bonds is 2. The summed E-state index contributed by atoms with van der Waals surface area (Å²) in [6.07, 6.45) is 4.43. The molecule has 0 amide bonds. The van der Waals surface area contributed by atoms with Gasteiger partial charge in [0.05, 0.1) is 18.3 Å². The van der Waals surface area contributed by atoms with E-state index in [0.29, 0.717) is 12.0 Å². The number of carbonyl (C=O) groups excluding carboxylic acids is 1. The second-order valence-corrected chi connectivity index (χ2v) is 3.46. The van der Waals surface area contributed by atoms with Gasteiger partial charge in [0.25, 0.3) is 0 Å². The van der Waals surface area contributed by atoms with Crippen molar-refractivity contribution in [2.24, 2.45) is 11.8 Å². The van der Waals surface area contributed by atoms with Crippen molar-refractivity contribution in [3.05, 3.63) is 23.3 Å². The molecule has 2 aliphatic carbocycles. The van der Waals surface area contributed by atoms with Gasteiger partial charge in [-0.25, -0.2) is 9.59 Å². The van der Waals surface area contributed by atoms with Crippen LogP contribution in [0.2, 0.25) is 0 Å². The topological polar surface area (TPSA) is 63.6 Å². The molecule has 0 aromatic rings. The van der Waals surface area contributed by atoms with Gasteiger partial charge in [-0.05, 0) is 6.42 Å². The molecule has 0 spiro atoms. The molecule has 0 heterocycles. The summed E-state index contributed by atoms with van der Waals surface area (Å²) in [5, 5.41) is 8.95. The molecule has 2 bridgehead atoms. The largest absolute Gasteiger partial charge is 0.478 e. The monoisotopic (exact) mass is 194 g/mol. The molecule has 74 valence electrons. The highest BCUT2D eigenvalue weighted by atomic mass is 16.5. The van der Waals surface area contributed by atoms with Gasteiger partial charge in [-0.1, -0.05) is 12.2 Å². The first-order valence-electron chi connectivity index (χ1n) is 4.39. The normalized spacial score (nSPS) is 28.4. The minimum atomic E-state index is -1.01. The zero-order valence-electron chi connectivity index (χ0n) is 7.69. The van der Waals surface area contributed by atoms with E-state index < -0.39 is 11.9 Å². The number of esters is 1. The van der Waals surface area contributed by atoms with Crippen LogP contribution in [-0.2, 0) is 14.3 Å². The average molecular weight is 194 g/mol. The van der Waals surface area contributed by atoms with Crippen LogP contribution < -0.4 is 0 Å². The Kier molecular flexibility index (Phi) is 1.91. The lowest BCUT2D eigenvalue weighted by molar-refractivity contribution is -0.138. The first kappa shape index (κ1) is 8.99. The summed E-state index contributed by atoms with van der Waals surface area (Å²) >= 11 is 0. The molecule has 0 aromatic heterocycles. The van der Waals surface area contributed by atoms with Crippen LogP contribution in [0.25, 0.3) is 0 Å². The highest BCUT2D eigenvalue weighted by Crippen LogP contribution is 2.44. The third-order valence-electron chi connectivity index (χ3n) is 2.75. The number of carbonyl (C=O) groups is 2. The third kappa shape index (κ3) is 1.07. The lowest BCUT2D eigenvalue weighted by Crippen LogP contribution is -2.16. The molecule has 0 saturated heterocycles. The summed E-state index contributed by atoms with van der Waals surface area (Å²) in [6, 6.07) is 0. The number of carboxylic acid groups (broad SMARTS) is 1. The molecular weight excluding hydrogens is 184 g/mol. The summed E-state index contributed by atoms with van der Waals surface area (Å²) in [5.41, 5.74) is 0.539. The number of hydrogen-bond acceptors (Lipinski definition) is 3. The number of aliphatic carboxylic acids is 1. The molecular formula is C10H10O4. The fourth-order valence-corrected chi connectivity index (χ4v) is 2.17. The molecule has 0 aromatic carbocycles. The van der Waals surface area contributed by atoms with Gasteiger partial charge in [0.15, 0.2) is 0 Å². The van der Waals surface area contributed by atoms with Crippen molar-refractivity contribution >= 4 is 11.9 Å². The molecule has 2 rings (SSSR count). The fourth-order valence-electron chi connectivity index (χ4n) is 2.17. The van der Waals surface area contributed by atoms with Gasteiger partial charge in [-0.3, -0.25) is 0 Å². The molecule has 14 heavy (non-hydrogen) atoms. The number of methoxy groups -OCH3 is 1. The van der Waals surface area contributed by atoms with Crippen molar-refractivity contribution in [2.75, 3.05) is 7.11 Å². The van der Waals surface area contributed by atoms with Crippen molar-refractivity contribution in [3.8, 4) is 0 Å². The number of hydrogen-bond donors (Lipinski definition) is 1. The van der Waals surface area contributed by atoms with E-state index in [4.69, 9.17) is 5.11 Å². The molecule has 4 nitrogen and oxygen atoms in total. The maximum atomic E-state index is 11.3. The van der Waals surface area contributed by atoms with Crippen molar-refractivity contribution < 1.29 is 19.4 Å². The maximum Gasteiger partial charge on any atom is 0.334 e. The molecule has 2 aliphatic rings. The summed E-state index contributed by atoms with van der Waals surface area (Å²) in [7, 11) is 1.27. The zero-order chi connectivity index (χ0) is 10.3. The summed E-state index contributed by atoms with van der Waals surface area (Å²) in [5.74, 6) is -1.69. The van der Waals surface area contributed by atoms with E-state index in [9.17, 15) is 9.59 Å². The first-order chi connectivity index (χ1) is 6.65. The van der Waals surface area contributed by atoms with Gasteiger partial charge in [0.1, 0.15) is 0 Å². The molecule has 4 heteroatoms. The summed E-state index contributed by atoms with van der Waals surface area (Å²) in [4.78, 5) is 22.3. The zero-order valence-corrected chi connectivity index (χ0v) is 7.69. The molecule has 1 N–H and O–H groups in total. The Hall–Kier alpha value is -1.58. The van der Waals surface area contributed by atoms with E-state index in [2.05, 4.69) is 4.74 Å². The van der Waals surface area contributed by atoms with Crippen LogP contribution in [0.4, 0.5) is 0 Å². The smallest absolute Gasteiger partial charge is 0.334 e. The Bertz CT molecular complexity index is 364. The standard InChI is InChI=1S/C10H10O4/c1-14-10(13)8-6-3-2-5(4-6)7(8)9(11)12/h2-3,5-6H,4H2,1H3,(H,11,12)/t5-,6+/m0/s1. The predicted molar refractivity (Wildman–Crippen MR) is 47.4 cm³/mol. The van der Waals surface area contributed by atoms with Gasteiger partial charge >= 0.3 is 11.9 Å². The van der Waals surface area contributed by atoms with Crippen LogP contribution in [0.15, 0.2) is 23.3 Å². The van der Waals surface area contributed by atoms with Crippen LogP contribution in [0.1, 0.15) is 6.42 Å². The quantitative estimate of drug-likeness (QED) is 0.520. The van der Waals surface area contributed by atoms with Crippen molar-refractivity contribution in [3.63, 3.8) is 0 Å². The van der Waals surface area contributed by atoms with Crippen LogP contribution in [-0.4, -0.2) is 24.2 Å². The average Bonchev–Trinajstić information content (AvgIpc) is 2.74. The Balaban J connectivity index is 2.43. The Morgan fingerprint density at radius 1 is 1.36 bits per heavy atom. The van der Waals surface area contributed by atoms with Gasteiger partial charge in [0, 0.05) is 11.8 Å². The van der Waals surface area contributed by atoms with E-state index in [1.807, 2.05) is 12.2 Å². The third-order valence-corrected chi connectivity index (χ3v) is 2.75. The Morgan fingerprint density at radius 3 is 2.43 bits per heavy atom. The number of carboxylic acids is 1. The second-order valence-electron chi connectivity index (χ2n) is 3.46. The lowest BCUT2D eigenvalue weighted by atomic mass is 9.97. The number of fused-ring (bicyclic) bond motifs is 2. The van der Waals surface area contributed by atoms with Gasteiger partial charge in [-0.2, -0.15) is 0 Å². The van der Waals surface area contributed by atoms with Crippen molar-refractivity contribution in [2.45, 2.75) is 6.42 Å². The van der Waals surface area contributed by atoms with Crippen LogP contribution >= 0.6 is 0 Å². The number of ether oxygens (including phenoxy) is 1. The van der Waals surface area contributed by atoms with Crippen LogP contribution in [0, 0.1) is 11.8 Å². The van der Waals surface area contributed by atoms with E-state index in [-0.39, 0.29) is 17.4 Å². The Morgan fingerprint density at radius 2 is 1.93 bits per heavy atom. The predicted octanol–water partition coefficient (Wildman–Crippen LogP) is 0.746. The molecule has 0 radical (unpaired) electrons. The second kappa shape index (κ2) is 2.97. The minimum Gasteiger partial charge on any atom is -0.478 e. The minimum absolute atomic E-state index is 0.0569. The van der Waals surface area contributed by atoms with Crippen LogP contribution in [0.5, 0.6) is 0 Å². The lowest BCUT2D eigenvalue weighted by Gasteiger charge is -2.10. The van der Waals surface area contributed by atoms with E-state index in [1.54, 1.807) is 0 Å². The molecule has 0 unspecified atom stereocenters. The summed E-state index contributed by atoms with van der Waals surface area (Å²) < 4.78 is 4.57. The maximum absolute atomic E-state index is 11.3.